The van der Waals surface area contributed by atoms with E-state index in [0.29, 0.717) is 11.8 Å². The molecule has 0 aliphatic rings. The van der Waals surface area contributed by atoms with E-state index in [1.807, 2.05) is 0 Å². The molecular weight excluding hydrogens is 240 g/mol. The lowest BCUT2D eigenvalue weighted by molar-refractivity contribution is 0.313. The van der Waals surface area contributed by atoms with Gasteiger partial charge in [-0.25, -0.2) is 0 Å². The lowest BCUT2D eigenvalue weighted by Gasteiger charge is -2.16. The third-order valence-corrected chi connectivity index (χ3v) is 3.68. The summed E-state index contributed by atoms with van der Waals surface area (Å²) < 4.78 is 5.82. The molecule has 0 heterocycles. The van der Waals surface area contributed by atoms with Gasteiger partial charge in [-0.05, 0) is 47.6 Å². The molecule has 0 saturated heterocycles. The van der Waals surface area contributed by atoms with E-state index in [4.69, 9.17) is 4.74 Å². The van der Waals surface area contributed by atoms with E-state index in [-0.39, 0.29) is 0 Å². The summed E-state index contributed by atoms with van der Waals surface area (Å²) in [5.41, 5.74) is 2.72. The quantitative estimate of drug-likeness (QED) is 0.703. The molecule has 1 aromatic carbocycles. The lowest BCUT2D eigenvalue weighted by Crippen LogP contribution is -2.04. The van der Waals surface area contributed by atoms with Gasteiger partial charge in [0.15, 0.2) is 0 Å². The van der Waals surface area contributed by atoms with Gasteiger partial charge in [0.1, 0.15) is 5.75 Å². The van der Waals surface area contributed by atoms with E-state index < -0.39 is 0 Å². The second kappa shape index (κ2) is 7.73. The zero-order valence-corrected chi connectivity index (χ0v) is 13.0. The van der Waals surface area contributed by atoms with E-state index >= 15 is 0 Å². The Balaban J connectivity index is 2.88. The predicted octanol–water partition coefficient (Wildman–Crippen LogP) is 4.71. The van der Waals surface area contributed by atoms with E-state index in [1.54, 1.807) is 0 Å². The molecule has 1 atom stereocenters. The number of hydrogen-bond donors (Lipinski definition) is 1. The highest BCUT2D eigenvalue weighted by molar-refractivity contribution is 7.80. The fraction of sp³-hybridized carbons (Fsp3) is 0.625. The second-order valence-corrected chi connectivity index (χ2v) is 5.73. The molecule has 0 bridgehead atoms. The van der Waals surface area contributed by atoms with E-state index in [1.165, 1.54) is 11.1 Å². The molecule has 0 N–H and O–H groups in total. The third kappa shape index (κ3) is 4.56. The van der Waals surface area contributed by atoms with Crippen LogP contribution in [0.2, 0.25) is 0 Å². The van der Waals surface area contributed by atoms with Crippen molar-refractivity contribution in [2.75, 3.05) is 12.4 Å². The van der Waals surface area contributed by atoms with Crippen LogP contribution in [0.3, 0.4) is 0 Å². The summed E-state index contributed by atoms with van der Waals surface area (Å²) in [6.45, 7) is 9.62. The van der Waals surface area contributed by atoms with E-state index in [9.17, 15) is 0 Å². The van der Waals surface area contributed by atoms with Gasteiger partial charge in [-0.15, -0.1) is 0 Å². The summed E-state index contributed by atoms with van der Waals surface area (Å²) in [7, 11) is 0. The van der Waals surface area contributed by atoms with Crippen LogP contribution in [0.4, 0.5) is 0 Å². The number of benzene rings is 1. The van der Waals surface area contributed by atoms with Crippen LogP contribution in [-0.2, 0) is 6.42 Å². The van der Waals surface area contributed by atoms with Crippen LogP contribution in [0, 0.1) is 5.92 Å². The standard InChI is InChI=1S/C16H26OS/c1-5-8-17-16-7-6-14(9-13(4)11-18)10-15(16)12(2)3/h6-7,10,12-13,18H,5,8-9,11H2,1-4H3. The van der Waals surface area contributed by atoms with Gasteiger partial charge in [0, 0.05) is 0 Å². The summed E-state index contributed by atoms with van der Waals surface area (Å²) in [6, 6.07) is 6.62. The summed E-state index contributed by atoms with van der Waals surface area (Å²) >= 11 is 4.35. The normalized spacial score (nSPS) is 12.8. The minimum atomic E-state index is 0.503. The number of ether oxygens (including phenoxy) is 1. The average molecular weight is 266 g/mol. The Labute approximate surface area is 117 Å². The monoisotopic (exact) mass is 266 g/mol. The first-order chi connectivity index (χ1) is 8.58. The maximum atomic E-state index is 5.82. The van der Waals surface area contributed by atoms with Gasteiger partial charge in [0.2, 0.25) is 0 Å². The zero-order chi connectivity index (χ0) is 13.5. The topological polar surface area (TPSA) is 9.23 Å². The van der Waals surface area contributed by atoms with Crippen molar-refractivity contribution in [1.82, 2.24) is 0 Å². The molecule has 0 spiro atoms. The first-order valence-electron chi connectivity index (χ1n) is 6.94. The molecule has 1 rings (SSSR count). The van der Waals surface area contributed by atoms with Gasteiger partial charge in [0.25, 0.3) is 0 Å². The first-order valence-corrected chi connectivity index (χ1v) is 7.58. The van der Waals surface area contributed by atoms with Crippen LogP contribution < -0.4 is 4.74 Å². The second-order valence-electron chi connectivity index (χ2n) is 5.37. The molecule has 0 aliphatic heterocycles. The predicted molar refractivity (Wildman–Crippen MR) is 83.0 cm³/mol. The first kappa shape index (κ1) is 15.4. The highest BCUT2D eigenvalue weighted by atomic mass is 32.1. The van der Waals surface area contributed by atoms with Gasteiger partial charge in [-0.2, -0.15) is 12.6 Å². The maximum absolute atomic E-state index is 5.82. The van der Waals surface area contributed by atoms with Gasteiger partial charge >= 0.3 is 0 Å². The van der Waals surface area contributed by atoms with Crippen molar-refractivity contribution in [1.29, 1.82) is 0 Å². The van der Waals surface area contributed by atoms with Crippen molar-refractivity contribution in [2.24, 2.45) is 5.92 Å². The SMILES string of the molecule is CCCOc1ccc(CC(C)CS)cc1C(C)C. The van der Waals surface area contributed by atoms with Crippen LogP contribution in [0.15, 0.2) is 18.2 Å². The maximum Gasteiger partial charge on any atom is 0.122 e. The average Bonchev–Trinajstić information content (AvgIpc) is 2.36. The largest absolute Gasteiger partial charge is 0.493 e. The van der Waals surface area contributed by atoms with Crippen molar-refractivity contribution >= 4 is 12.6 Å². The van der Waals surface area contributed by atoms with Crippen molar-refractivity contribution in [3.05, 3.63) is 29.3 Å². The minimum Gasteiger partial charge on any atom is -0.493 e. The van der Waals surface area contributed by atoms with Crippen LogP contribution in [0.5, 0.6) is 5.75 Å². The van der Waals surface area contributed by atoms with Gasteiger partial charge < -0.3 is 4.74 Å². The number of rotatable bonds is 7. The Hall–Kier alpha value is -0.630. The fourth-order valence-electron chi connectivity index (χ4n) is 1.99. The highest BCUT2D eigenvalue weighted by Crippen LogP contribution is 2.28. The van der Waals surface area contributed by atoms with Crippen molar-refractivity contribution < 1.29 is 4.74 Å². The van der Waals surface area contributed by atoms with Gasteiger partial charge in [-0.3, -0.25) is 0 Å². The Morgan fingerprint density at radius 3 is 2.50 bits per heavy atom. The molecule has 0 radical (unpaired) electrons. The van der Waals surface area contributed by atoms with Crippen LogP contribution in [-0.4, -0.2) is 12.4 Å². The molecule has 102 valence electrons. The van der Waals surface area contributed by atoms with Crippen LogP contribution in [0.1, 0.15) is 51.2 Å². The molecule has 0 saturated carbocycles. The lowest BCUT2D eigenvalue weighted by atomic mass is 9.95. The van der Waals surface area contributed by atoms with Crippen molar-refractivity contribution in [3.63, 3.8) is 0 Å². The number of thiol groups is 1. The molecular formula is C16H26OS. The number of hydrogen-bond acceptors (Lipinski definition) is 2. The van der Waals surface area contributed by atoms with E-state index in [2.05, 4.69) is 58.5 Å². The highest BCUT2D eigenvalue weighted by Gasteiger charge is 2.10. The molecule has 0 amide bonds. The summed E-state index contributed by atoms with van der Waals surface area (Å²) in [6.07, 6.45) is 2.15. The Morgan fingerprint density at radius 1 is 1.22 bits per heavy atom. The molecule has 18 heavy (non-hydrogen) atoms. The molecule has 0 aromatic heterocycles. The Bertz CT molecular complexity index is 360. The van der Waals surface area contributed by atoms with Crippen molar-refractivity contribution in [2.45, 2.75) is 46.5 Å². The Kier molecular flexibility index (Phi) is 6.62. The summed E-state index contributed by atoms with van der Waals surface area (Å²) in [4.78, 5) is 0. The molecule has 2 heteroatoms. The molecule has 0 aliphatic carbocycles. The molecule has 1 aromatic rings. The van der Waals surface area contributed by atoms with E-state index in [0.717, 1.165) is 31.0 Å². The van der Waals surface area contributed by atoms with Crippen molar-refractivity contribution in [3.8, 4) is 5.75 Å². The van der Waals surface area contributed by atoms with Gasteiger partial charge in [0.05, 0.1) is 6.61 Å². The molecule has 1 nitrogen and oxygen atoms in total. The summed E-state index contributed by atoms with van der Waals surface area (Å²) in [5.74, 6) is 3.11. The minimum absolute atomic E-state index is 0.503. The molecule has 1 unspecified atom stereocenters. The van der Waals surface area contributed by atoms with Crippen LogP contribution in [0.25, 0.3) is 0 Å². The fourth-order valence-corrected chi connectivity index (χ4v) is 2.12. The summed E-state index contributed by atoms with van der Waals surface area (Å²) in [5, 5.41) is 0. The smallest absolute Gasteiger partial charge is 0.122 e. The zero-order valence-electron chi connectivity index (χ0n) is 12.1. The Morgan fingerprint density at radius 2 is 1.94 bits per heavy atom. The van der Waals surface area contributed by atoms with Crippen LogP contribution >= 0.6 is 12.6 Å². The third-order valence-electron chi connectivity index (χ3n) is 3.05. The molecule has 0 fully saturated rings. The van der Waals surface area contributed by atoms with Gasteiger partial charge in [-0.1, -0.05) is 39.8 Å².